The van der Waals surface area contributed by atoms with Crippen LogP contribution < -0.4 is 0 Å². The summed E-state index contributed by atoms with van der Waals surface area (Å²) >= 11 is 1.67. The van der Waals surface area contributed by atoms with E-state index >= 15 is 0 Å². The second kappa shape index (κ2) is 5.09. The Labute approximate surface area is 116 Å². The number of nitrogens with zero attached hydrogens (tertiary/aromatic N) is 1. The lowest BCUT2D eigenvalue weighted by molar-refractivity contribution is 1.50. The number of benzene rings is 2. The van der Waals surface area contributed by atoms with Gasteiger partial charge >= 0.3 is 0 Å². The lowest BCUT2D eigenvalue weighted by Crippen LogP contribution is -1.74. The zero-order valence-electron chi connectivity index (χ0n) is 10.2. The van der Waals surface area contributed by atoms with Crippen LogP contribution in [0.1, 0.15) is 5.56 Å². The first-order valence-corrected chi connectivity index (χ1v) is 6.85. The molecule has 0 saturated carbocycles. The van der Waals surface area contributed by atoms with E-state index in [1.807, 2.05) is 54.6 Å². The minimum atomic E-state index is 0.745. The Morgan fingerprint density at radius 3 is 1.95 bits per heavy atom. The predicted molar refractivity (Wildman–Crippen MR) is 79.9 cm³/mol. The van der Waals surface area contributed by atoms with Crippen LogP contribution in [0.4, 0.5) is 0 Å². The molecule has 0 aliphatic rings. The van der Waals surface area contributed by atoms with Gasteiger partial charge in [0.1, 0.15) is 6.07 Å². The summed E-state index contributed by atoms with van der Waals surface area (Å²) in [5.74, 6) is 0. The highest BCUT2D eigenvalue weighted by Crippen LogP contribution is 2.37. The van der Waals surface area contributed by atoms with Gasteiger partial charge in [0.25, 0.3) is 0 Å². The highest BCUT2D eigenvalue weighted by molar-refractivity contribution is 7.19. The molecule has 0 unspecified atom stereocenters. The maximum Gasteiger partial charge on any atom is 0.101 e. The fourth-order valence-corrected chi connectivity index (χ4v) is 3.14. The molecule has 2 heteroatoms. The molecule has 3 aromatic rings. The third-order valence-electron chi connectivity index (χ3n) is 2.95. The van der Waals surface area contributed by atoms with E-state index in [4.69, 9.17) is 0 Å². The summed E-state index contributed by atoms with van der Waals surface area (Å²) in [6.07, 6.45) is 0. The first-order valence-electron chi connectivity index (χ1n) is 6.03. The van der Waals surface area contributed by atoms with Gasteiger partial charge < -0.3 is 0 Å². The summed E-state index contributed by atoms with van der Waals surface area (Å²) in [4.78, 5) is 2.18. The topological polar surface area (TPSA) is 23.8 Å². The third-order valence-corrected chi connectivity index (χ3v) is 4.18. The summed E-state index contributed by atoms with van der Waals surface area (Å²) in [5.41, 5.74) is 3.01. The van der Waals surface area contributed by atoms with Crippen molar-refractivity contribution in [1.29, 1.82) is 5.26 Å². The van der Waals surface area contributed by atoms with Gasteiger partial charge in [0.15, 0.2) is 0 Å². The molecule has 3 rings (SSSR count). The summed E-state index contributed by atoms with van der Waals surface area (Å²) < 4.78 is 0. The summed E-state index contributed by atoms with van der Waals surface area (Å²) in [5, 5.41) is 9.30. The Morgan fingerprint density at radius 2 is 1.37 bits per heavy atom. The first kappa shape index (κ1) is 11.7. The van der Waals surface area contributed by atoms with Gasteiger partial charge in [-0.3, -0.25) is 0 Å². The number of hydrogen-bond donors (Lipinski definition) is 0. The molecule has 1 aromatic heterocycles. The largest absolute Gasteiger partial charge is 0.192 e. The molecule has 0 aliphatic carbocycles. The number of rotatable bonds is 2. The van der Waals surface area contributed by atoms with Crippen molar-refractivity contribution >= 4 is 11.3 Å². The van der Waals surface area contributed by atoms with Gasteiger partial charge in [0.05, 0.1) is 10.4 Å². The Kier molecular flexibility index (Phi) is 3.14. The van der Waals surface area contributed by atoms with Crippen LogP contribution >= 0.6 is 11.3 Å². The molecular formula is C17H11NS. The number of hydrogen-bond acceptors (Lipinski definition) is 2. The second-order valence-electron chi connectivity index (χ2n) is 4.20. The molecule has 2 aromatic carbocycles. The highest BCUT2D eigenvalue weighted by atomic mass is 32.1. The van der Waals surface area contributed by atoms with Crippen LogP contribution in [0.5, 0.6) is 0 Å². The standard InChI is InChI=1S/C17H11NS/c18-12-15-11-16(13-7-3-1-4-8-13)19-17(15)14-9-5-2-6-10-14/h1-11H. The predicted octanol–water partition coefficient (Wildman–Crippen LogP) is 4.95. The van der Waals surface area contributed by atoms with Crippen molar-refractivity contribution in [3.8, 4) is 27.0 Å². The van der Waals surface area contributed by atoms with Crippen molar-refractivity contribution in [2.75, 3.05) is 0 Å². The van der Waals surface area contributed by atoms with Crippen LogP contribution in [0.25, 0.3) is 20.9 Å². The van der Waals surface area contributed by atoms with Crippen LogP contribution in [0.2, 0.25) is 0 Å². The van der Waals surface area contributed by atoms with Crippen molar-refractivity contribution < 1.29 is 0 Å². The van der Waals surface area contributed by atoms with E-state index in [2.05, 4.69) is 18.2 Å². The van der Waals surface area contributed by atoms with Gasteiger partial charge in [-0.2, -0.15) is 5.26 Å². The third kappa shape index (κ3) is 2.29. The first-order chi connectivity index (χ1) is 9.38. The average Bonchev–Trinajstić information content (AvgIpc) is 2.93. The minimum absolute atomic E-state index is 0.745. The Balaban J connectivity index is 2.13. The molecule has 1 heterocycles. The van der Waals surface area contributed by atoms with Crippen LogP contribution in [0, 0.1) is 11.3 Å². The Hall–Kier alpha value is -2.37. The molecule has 90 valence electrons. The summed E-state index contributed by atoms with van der Waals surface area (Å²) in [6, 6.07) is 24.5. The fraction of sp³-hybridized carbons (Fsp3) is 0. The smallest absolute Gasteiger partial charge is 0.101 e. The lowest BCUT2D eigenvalue weighted by Gasteiger charge is -1.97. The fourth-order valence-electron chi connectivity index (χ4n) is 2.02. The van der Waals surface area contributed by atoms with Crippen LogP contribution in [0.3, 0.4) is 0 Å². The molecule has 0 aliphatic heterocycles. The van der Waals surface area contributed by atoms with E-state index in [9.17, 15) is 5.26 Å². The van der Waals surface area contributed by atoms with Gasteiger partial charge in [0.2, 0.25) is 0 Å². The Bertz CT molecular complexity index is 721. The van der Waals surface area contributed by atoms with Gasteiger partial charge in [-0.1, -0.05) is 60.7 Å². The highest BCUT2D eigenvalue weighted by Gasteiger charge is 2.11. The van der Waals surface area contributed by atoms with Crippen molar-refractivity contribution in [2.45, 2.75) is 0 Å². The van der Waals surface area contributed by atoms with E-state index in [-0.39, 0.29) is 0 Å². The lowest BCUT2D eigenvalue weighted by atomic mass is 10.1. The molecule has 0 saturated heterocycles. The van der Waals surface area contributed by atoms with Crippen LogP contribution in [-0.4, -0.2) is 0 Å². The molecule has 0 radical (unpaired) electrons. The van der Waals surface area contributed by atoms with Gasteiger partial charge in [0, 0.05) is 4.88 Å². The maximum atomic E-state index is 9.30. The quantitative estimate of drug-likeness (QED) is 0.640. The van der Waals surface area contributed by atoms with E-state index in [1.165, 1.54) is 0 Å². The van der Waals surface area contributed by atoms with Crippen molar-refractivity contribution in [2.24, 2.45) is 0 Å². The zero-order chi connectivity index (χ0) is 13.1. The van der Waals surface area contributed by atoms with Crippen LogP contribution in [0.15, 0.2) is 66.7 Å². The monoisotopic (exact) mass is 261 g/mol. The average molecular weight is 261 g/mol. The maximum absolute atomic E-state index is 9.30. The molecule has 0 atom stereocenters. The number of thiophene rings is 1. The van der Waals surface area contributed by atoms with Gasteiger partial charge in [-0.15, -0.1) is 11.3 Å². The van der Waals surface area contributed by atoms with Crippen molar-refractivity contribution in [3.63, 3.8) is 0 Å². The van der Waals surface area contributed by atoms with Crippen molar-refractivity contribution in [3.05, 3.63) is 72.3 Å². The van der Waals surface area contributed by atoms with E-state index in [1.54, 1.807) is 11.3 Å². The molecule has 0 spiro atoms. The van der Waals surface area contributed by atoms with E-state index in [0.717, 1.165) is 26.4 Å². The van der Waals surface area contributed by atoms with E-state index in [0.29, 0.717) is 0 Å². The summed E-state index contributed by atoms with van der Waals surface area (Å²) in [7, 11) is 0. The van der Waals surface area contributed by atoms with Gasteiger partial charge in [-0.05, 0) is 17.2 Å². The molecule has 19 heavy (non-hydrogen) atoms. The van der Waals surface area contributed by atoms with E-state index < -0.39 is 0 Å². The SMILES string of the molecule is N#Cc1cc(-c2ccccc2)sc1-c1ccccc1. The normalized spacial score (nSPS) is 10.1. The zero-order valence-corrected chi connectivity index (χ0v) is 11.0. The molecule has 0 fully saturated rings. The Morgan fingerprint density at radius 1 is 0.789 bits per heavy atom. The second-order valence-corrected chi connectivity index (χ2v) is 5.25. The molecule has 1 nitrogen and oxygen atoms in total. The molecule has 0 N–H and O–H groups in total. The summed E-state index contributed by atoms with van der Waals surface area (Å²) in [6.45, 7) is 0. The van der Waals surface area contributed by atoms with Crippen molar-refractivity contribution in [1.82, 2.24) is 0 Å². The number of nitriles is 1. The molecule has 0 amide bonds. The minimum Gasteiger partial charge on any atom is -0.192 e. The molecular weight excluding hydrogens is 250 g/mol. The van der Waals surface area contributed by atoms with Gasteiger partial charge in [-0.25, -0.2) is 0 Å². The van der Waals surface area contributed by atoms with Crippen LogP contribution in [-0.2, 0) is 0 Å². The molecule has 0 bridgehead atoms.